The van der Waals surface area contributed by atoms with Gasteiger partial charge in [0.15, 0.2) is 0 Å². The van der Waals surface area contributed by atoms with E-state index in [9.17, 15) is 4.79 Å². The topological polar surface area (TPSA) is 123 Å². The van der Waals surface area contributed by atoms with E-state index >= 15 is 0 Å². The van der Waals surface area contributed by atoms with Gasteiger partial charge < -0.3 is 21.8 Å². The number of aliphatic carboxylic acids is 1. The van der Waals surface area contributed by atoms with Crippen molar-refractivity contribution >= 4 is 62.4 Å². The van der Waals surface area contributed by atoms with Gasteiger partial charge in [-0.25, -0.2) is 0 Å². The van der Waals surface area contributed by atoms with Crippen LogP contribution in [0.1, 0.15) is 6.42 Å². The summed E-state index contributed by atoms with van der Waals surface area (Å²) in [6.45, 7) is 9.75. The molecule has 0 fully saturated rings. The Kier molecular flexibility index (Phi) is 150. The second kappa shape index (κ2) is 73.7. The molecule has 0 unspecified atom stereocenters. The van der Waals surface area contributed by atoms with Crippen molar-refractivity contribution in [3.8, 4) is 0 Å². The summed E-state index contributed by atoms with van der Waals surface area (Å²) < 4.78 is 0. The quantitative estimate of drug-likeness (QED) is 0.190. The van der Waals surface area contributed by atoms with Crippen LogP contribution in [-0.4, -0.2) is 67.5 Å². The van der Waals surface area contributed by atoms with E-state index < -0.39 is 5.97 Å². The summed E-state index contributed by atoms with van der Waals surface area (Å²) in [5, 5.41) is 11.3. The number of carboxylic acid groups (broad SMARTS) is 1. The van der Waals surface area contributed by atoms with Gasteiger partial charge in [-0.2, -0.15) is 9.59 Å². The molecule has 0 saturated carbocycles. The first-order valence-corrected chi connectivity index (χ1v) is 10.1. The minimum Gasteiger partial charge on any atom is -0.545 e. The molecule has 21 heavy (non-hydrogen) atoms. The number of carboxylic acids is 1. The molecule has 3 radical (unpaired) electrons. The van der Waals surface area contributed by atoms with Crippen LogP contribution in [0.4, 0.5) is 0 Å². The van der Waals surface area contributed by atoms with Crippen molar-refractivity contribution in [2.45, 2.75) is 28.2 Å². The molecule has 0 aromatic heterocycles. The van der Waals surface area contributed by atoms with Crippen LogP contribution in [0, 0.1) is 7.43 Å². The van der Waals surface area contributed by atoms with Crippen molar-refractivity contribution in [2.24, 2.45) is 0 Å². The van der Waals surface area contributed by atoms with Crippen LogP contribution in [0.3, 0.4) is 0 Å². The van der Waals surface area contributed by atoms with E-state index in [2.05, 4.69) is 26.2 Å². The first-order valence-electron chi connectivity index (χ1n) is 4.29. The van der Waals surface area contributed by atoms with Crippen LogP contribution in [0.15, 0.2) is 0 Å². The SMILES string of the molecule is C[SeH]CCC[SeH]CC(=O)O.O=C=O.[CH-]=O.[CH-]=O.[CH-]=O.[CH3-].[Re]. The van der Waals surface area contributed by atoms with E-state index in [1.54, 1.807) is 0 Å². The van der Waals surface area contributed by atoms with E-state index in [-0.39, 0.29) is 49.0 Å². The summed E-state index contributed by atoms with van der Waals surface area (Å²) in [6.07, 6.45) is 1.52. The molecule has 0 aromatic carbocycles. The standard InChI is InChI=1S/C6H14O2Se2.CO2.3CHO.CH3.Re/c1-9-3-2-4-10-5-6(7)8;2-1-3;3*1-2;;/h9-10H,2-5H2,1H3,(H,7,8);;3*1H;1H3;/q;;4*-1;. The van der Waals surface area contributed by atoms with Gasteiger partial charge in [0.1, 0.15) is 0 Å². The van der Waals surface area contributed by atoms with Gasteiger partial charge in [-0.15, -0.1) is 0 Å². The minimum atomic E-state index is -0.621. The molecule has 0 amide bonds. The average molecular weight is 608 g/mol. The molecule has 0 bridgehead atoms. The van der Waals surface area contributed by atoms with Gasteiger partial charge in [0.05, 0.1) is 0 Å². The molecule has 0 aliphatic heterocycles. The molecular weight excluding hydrogens is 588 g/mol. The van der Waals surface area contributed by atoms with Crippen molar-refractivity contribution in [3.63, 3.8) is 0 Å². The molecule has 0 atom stereocenters. The fourth-order valence-electron chi connectivity index (χ4n) is 0.515. The molecule has 10 heteroatoms. The Labute approximate surface area is 152 Å². The maximum absolute atomic E-state index is 10.1. The Morgan fingerprint density at radius 2 is 1.38 bits per heavy atom. The summed E-state index contributed by atoms with van der Waals surface area (Å²) >= 11 is 0.674. The molecule has 0 rings (SSSR count). The van der Waals surface area contributed by atoms with Crippen LogP contribution < -0.4 is 0 Å². The molecule has 0 aliphatic rings. The molecule has 0 heterocycles. The van der Waals surface area contributed by atoms with Crippen LogP contribution >= 0.6 is 0 Å². The van der Waals surface area contributed by atoms with Crippen LogP contribution in [0.5, 0.6) is 0 Å². The van der Waals surface area contributed by atoms with Gasteiger partial charge in [-0.1, -0.05) is 0 Å². The smallest absolute Gasteiger partial charge is 0.373 e. The van der Waals surface area contributed by atoms with E-state index in [0.717, 1.165) is 0 Å². The summed E-state index contributed by atoms with van der Waals surface area (Å²) in [5.74, 6) is 1.63. The van der Waals surface area contributed by atoms with Gasteiger partial charge in [-0.05, 0) is 0 Å². The maximum Gasteiger partial charge on any atom is 0.373 e. The second-order valence-corrected chi connectivity index (χ2v) is 6.78. The molecule has 0 spiro atoms. The zero-order valence-corrected chi connectivity index (χ0v) is 18.2. The largest absolute Gasteiger partial charge is 0.545 e. The summed E-state index contributed by atoms with van der Waals surface area (Å²) in [6, 6.07) is 0. The Hall–Kier alpha value is -0.439. The molecule has 129 valence electrons. The summed E-state index contributed by atoms with van der Waals surface area (Å²) in [4.78, 5) is 49.6. The van der Waals surface area contributed by atoms with Gasteiger partial charge in [0, 0.05) is 20.4 Å². The molecule has 0 aliphatic carbocycles. The third-order valence-electron chi connectivity index (χ3n) is 0.945. The Morgan fingerprint density at radius 3 is 1.62 bits per heavy atom. The molecular formula is C11H20O7ReSe2-4. The number of hydrogen-bond acceptors (Lipinski definition) is 6. The van der Waals surface area contributed by atoms with E-state index in [0.29, 0.717) is 20.3 Å². The van der Waals surface area contributed by atoms with Crippen LogP contribution in [0.2, 0.25) is 21.8 Å². The predicted octanol–water partition coefficient (Wildman–Crippen LogP) is -0.321. The average Bonchev–Trinajstić information content (AvgIpc) is 2.46. The summed E-state index contributed by atoms with van der Waals surface area (Å²) in [7, 11) is 0. The van der Waals surface area contributed by atoms with Gasteiger partial charge in [-0.3, -0.25) is 20.4 Å². The maximum atomic E-state index is 10.1. The predicted molar refractivity (Wildman–Crippen MR) is 78.5 cm³/mol. The van der Waals surface area contributed by atoms with Crippen molar-refractivity contribution in [3.05, 3.63) is 7.43 Å². The Morgan fingerprint density at radius 1 is 1.05 bits per heavy atom. The van der Waals surface area contributed by atoms with Gasteiger partial charge in [0.25, 0.3) is 0 Å². The van der Waals surface area contributed by atoms with Crippen molar-refractivity contribution in [1.82, 2.24) is 0 Å². The molecule has 7 nitrogen and oxygen atoms in total. The monoisotopic (exact) mass is 611 g/mol. The fraction of sp³-hybridized carbons (Fsp3) is 0.455. The third kappa shape index (κ3) is 140. The number of carbonyl (C=O) groups is 1. The number of rotatable bonds is 6. The van der Waals surface area contributed by atoms with Crippen LogP contribution in [-0.2, 0) is 49.2 Å². The zero-order chi connectivity index (χ0) is 16.5. The van der Waals surface area contributed by atoms with E-state index in [1.165, 1.54) is 17.1 Å². The van der Waals surface area contributed by atoms with Gasteiger partial charge in [0.2, 0.25) is 0 Å². The molecule has 0 saturated heterocycles. The first-order chi connectivity index (χ1) is 9.18. The Bertz CT molecular complexity index is 198. The van der Waals surface area contributed by atoms with Crippen molar-refractivity contribution in [1.29, 1.82) is 0 Å². The van der Waals surface area contributed by atoms with Crippen molar-refractivity contribution < 1.29 is 54.3 Å². The second-order valence-electron chi connectivity index (χ2n) is 1.98. The van der Waals surface area contributed by atoms with Gasteiger partial charge >= 0.3 is 80.1 Å². The molecule has 0 aromatic rings. The fourth-order valence-corrected chi connectivity index (χ4v) is 4.22. The molecule has 1 N–H and O–H groups in total. The van der Waals surface area contributed by atoms with Crippen molar-refractivity contribution in [2.75, 3.05) is 0 Å². The normalized spacial score (nSPS) is 5.57. The Balaban J connectivity index is -0.0000000304. The first kappa shape index (κ1) is 42.8. The number of hydrogen-bond donors (Lipinski definition) is 1. The minimum absolute atomic E-state index is 0. The third-order valence-corrected chi connectivity index (χ3v) is 4.91. The van der Waals surface area contributed by atoms with Crippen LogP contribution in [0.25, 0.3) is 0 Å². The summed E-state index contributed by atoms with van der Waals surface area (Å²) in [5.41, 5.74) is 0. The van der Waals surface area contributed by atoms with E-state index in [4.69, 9.17) is 29.1 Å². The number of carbonyl (C=O) groups excluding carboxylic acids is 5. The zero-order valence-electron chi connectivity index (χ0n) is 11.7. The van der Waals surface area contributed by atoms with E-state index in [1.807, 2.05) is 0 Å².